The highest BCUT2D eigenvalue weighted by Crippen LogP contribution is 2.28. The summed E-state index contributed by atoms with van der Waals surface area (Å²) in [6.07, 6.45) is 5.72. The van der Waals surface area contributed by atoms with Crippen LogP contribution in [-0.2, 0) is 0 Å². The lowest BCUT2D eigenvalue weighted by Crippen LogP contribution is -2.24. The second-order valence-corrected chi connectivity index (χ2v) is 4.75. The van der Waals surface area contributed by atoms with Crippen molar-refractivity contribution in [3.63, 3.8) is 0 Å². The first kappa shape index (κ1) is 14.6. The number of hydrogen-bond acceptors (Lipinski definition) is 3. The van der Waals surface area contributed by atoms with E-state index in [1.54, 1.807) is 6.20 Å². The van der Waals surface area contributed by atoms with Gasteiger partial charge in [0, 0.05) is 18.0 Å². The molecule has 1 atom stereocenters. The molecule has 4 nitrogen and oxygen atoms in total. The predicted molar refractivity (Wildman–Crippen MR) is 81.0 cm³/mol. The van der Waals surface area contributed by atoms with Gasteiger partial charge in [0.2, 0.25) is 0 Å². The standard InChI is InChI=1S/C16H23N3O/c1-3-9-17-15(16-18-10-11-19-16)13-7-5-6-8-14(13)20-12-4-2/h5-8,10-11,15,17H,3-4,9,12H2,1-2H3,(H,18,19). The molecule has 0 aliphatic rings. The molecular formula is C16H23N3O. The van der Waals surface area contributed by atoms with Crippen LogP contribution in [0.4, 0.5) is 0 Å². The number of H-pyrrole nitrogens is 1. The van der Waals surface area contributed by atoms with Crippen molar-refractivity contribution < 1.29 is 4.74 Å². The first-order chi connectivity index (χ1) is 9.86. The Labute approximate surface area is 120 Å². The minimum atomic E-state index is 0.0398. The lowest BCUT2D eigenvalue weighted by atomic mass is 10.0. The van der Waals surface area contributed by atoms with E-state index < -0.39 is 0 Å². The average molecular weight is 273 g/mol. The van der Waals surface area contributed by atoms with Gasteiger partial charge < -0.3 is 15.0 Å². The summed E-state index contributed by atoms with van der Waals surface area (Å²) < 4.78 is 5.86. The van der Waals surface area contributed by atoms with E-state index in [1.807, 2.05) is 24.4 Å². The van der Waals surface area contributed by atoms with Gasteiger partial charge in [-0.15, -0.1) is 0 Å². The number of nitrogens with zero attached hydrogens (tertiary/aromatic N) is 1. The maximum atomic E-state index is 5.86. The van der Waals surface area contributed by atoms with Gasteiger partial charge in [-0.25, -0.2) is 4.98 Å². The SMILES string of the molecule is CCCNC(c1ncc[nH]1)c1ccccc1OCCC. The van der Waals surface area contributed by atoms with Gasteiger partial charge in [0.1, 0.15) is 11.6 Å². The first-order valence-electron chi connectivity index (χ1n) is 7.31. The van der Waals surface area contributed by atoms with Crippen molar-refractivity contribution in [1.29, 1.82) is 0 Å². The Morgan fingerprint density at radius 3 is 2.80 bits per heavy atom. The molecule has 0 radical (unpaired) electrons. The number of hydrogen-bond donors (Lipinski definition) is 2. The van der Waals surface area contributed by atoms with Gasteiger partial charge in [-0.1, -0.05) is 32.0 Å². The molecule has 4 heteroatoms. The number of benzene rings is 1. The normalized spacial score (nSPS) is 12.3. The molecule has 108 valence electrons. The summed E-state index contributed by atoms with van der Waals surface area (Å²) in [5, 5.41) is 3.53. The number of ether oxygens (including phenoxy) is 1. The Bertz CT molecular complexity index is 496. The molecule has 1 heterocycles. The van der Waals surface area contributed by atoms with Gasteiger partial charge in [0.15, 0.2) is 0 Å². The minimum Gasteiger partial charge on any atom is -0.493 e. The van der Waals surface area contributed by atoms with Gasteiger partial charge in [-0.05, 0) is 25.5 Å². The van der Waals surface area contributed by atoms with Crippen molar-refractivity contribution in [3.05, 3.63) is 48.0 Å². The molecule has 2 N–H and O–H groups in total. The highest BCUT2D eigenvalue weighted by atomic mass is 16.5. The van der Waals surface area contributed by atoms with Crippen molar-refractivity contribution in [2.24, 2.45) is 0 Å². The molecule has 2 rings (SSSR count). The third-order valence-corrected chi connectivity index (χ3v) is 3.08. The van der Waals surface area contributed by atoms with Crippen LogP contribution in [0, 0.1) is 0 Å². The van der Waals surface area contributed by atoms with Crippen molar-refractivity contribution in [3.8, 4) is 5.75 Å². The van der Waals surface area contributed by atoms with Gasteiger partial charge in [-0.3, -0.25) is 0 Å². The van der Waals surface area contributed by atoms with Crippen LogP contribution < -0.4 is 10.1 Å². The van der Waals surface area contributed by atoms with Crippen LogP contribution in [0.1, 0.15) is 44.1 Å². The fraction of sp³-hybridized carbons (Fsp3) is 0.438. The second kappa shape index (κ2) is 7.70. The molecule has 0 fully saturated rings. The number of nitrogens with one attached hydrogen (secondary N) is 2. The quantitative estimate of drug-likeness (QED) is 0.776. The smallest absolute Gasteiger partial charge is 0.127 e. The average Bonchev–Trinajstić information content (AvgIpc) is 3.01. The van der Waals surface area contributed by atoms with E-state index >= 15 is 0 Å². The zero-order valence-corrected chi connectivity index (χ0v) is 12.2. The van der Waals surface area contributed by atoms with Crippen molar-refractivity contribution in [2.45, 2.75) is 32.7 Å². The second-order valence-electron chi connectivity index (χ2n) is 4.75. The molecule has 0 bridgehead atoms. The zero-order chi connectivity index (χ0) is 14.2. The van der Waals surface area contributed by atoms with E-state index in [4.69, 9.17) is 4.74 Å². The van der Waals surface area contributed by atoms with Crippen molar-refractivity contribution in [1.82, 2.24) is 15.3 Å². The van der Waals surface area contributed by atoms with Crippen LogP contribution in [0.25, 0.3) is 0 Å². The highest BCUT2D eigenvalue weighted by Gasteiger charge is 2.19. The molecule has 0 saturated carbocycles. The predicted octanol–water partition coefficient (Wildman–Crippen LogP) is 3.29. The summed E-state index contributed by atoms with van der Waals surface area (Å²) in [5.41, 5.74) is 1.13. The largest absolute Gasteiger partial charge is 0.493 e. The van der Waals surface area contributed by atoms with Crippen molar-refractivity contribution in [2.75, 3.05) is 13.2 Å². The highest BCUT2D eigenvalue weighted by molar-refractivity contribution is 5.38. The van der Waals surface area contributed by atoms with Gasteiger partial charge in [-0.2, -0.15) is 0 Å². The maximum Gasteiger partial charge on any atom is 0.127 e. The molecule has 0 saturated heterocycles. The molecule has 1 aromatic heterocycles. The monoisotopic (exact) mass is 273 g/mol. The molecular weight excluding hydrogens is 250 g/mol. The van der Waals surface area contributed by atoms with Gasteiger partial charge in [0.05, 0.1) is 12.6 Å². The number of rotatable bonds is 8. The van der Waals surface area contributed by atoms with E-state index in [2.05, 4.69) is 35.2 Å². The first-order valence-corrected chi connectivity index (χ1v) is 7.31. The molecule has 0 amide bonds. The lowest BCUT2D eigenvalue weighted by Gasteiger charge is -2.20. The molecule has 20 heavy (non-hydrogen) atoms. The number of imidazole rings is 1. The molecule has 0 spiro atoms. The molecule has 1 aromatic carbocycles. The van der Waals surface area contributed by atoms with Crippen molar-refractivity contribution >= 4 is 0 Å². The van der Waals surface area contributed by atoms with Gasteiger partial charge in [0.25, 0.3) is 0 Å². The summed E-state index contributed by atoms with van der Waals surface area (Å²) >= 11 is 0. The minimum absolute atomic E-state index is 0.0398. The Morgan fingerprint density at radius 1 is 1.25 bits per heavy atom. The van der Waals surface area contributed by atoms with Gasteiger partial charge >= 0.3 is 0 Å². The molecule has 1 unspecified atom stereocenters. The van der Waals surface area contributed by atoms with E-state index in [0.29, 0.717) is 0 Å². The Kier molecular flexibility index (Phi) is 5.62. The Morgan fingerprint density at radius 2 is 2.10 bits per heavy atom. The van der Waals surface area contributed by atoms with Crippen LogP contribution in [0.15, 0.2) is 36.7 Å². The van der Waals surface area contributed by atoms with Crippen LogP contribution in [0.5, 0.6) is 5.75 Å². The number of para-hydroxylation sites is 1. The lowest BCUT2D eigenvalue weighted by molar-refractivity contribution is 0.311. The summed E-state index contributed by atoms with van der Waals surface area (Å²) in [6.45, 7) is 5.94. The van der Waals surface area contributed by atoms with Crippen LogP contribution in [0.3, 0.4) is 0 Å². The van der Waals surface area contributed by atoms with Crippen LogP contribution in [0.2, 0.25) is 0 Å². The van der Waals surface area contributed by atoms with E-state index in [9.17, 15) is 0 Å². The third kappa shape index (κ3) is 3.61. The number of aromatic amines is 1. The summed E-state index contributed by atoms with van der Waals surface area (Å²) in [6, 6.07) is 8.21. The third-order valence-electron chi connectivity index (χ3n) is 3.08. The fourth-order valence-electron chi connectivity index (χ4n) is 2.14. The summed E-state index contributed by atoms with van der Waals surface area (Å²) in [5.74, 6) is 1.85. The summed E-state index contributed by atoms with van der Waals surface area (Å²) in [7, 11) is 0. The number of aromatic nitrogens is 2. The topological polar surface area (TPSA) is 49.9 Å². The fourth-order valence-corrected chi connectivity index (χ4v) is 2.14. The van der Waals surface area contributed by atoms with Crippen LogP contribution >= 0.6 is 0 Å². The molecule has 0 aliphatic heterocycles. The molecule has 0 aliphatic carbocycles. The van der Waals surface area contributed by atoms with Crippen LogP contribution in [-0.4, -0.2) is 23.1 Å². The van der Waals surface area contributed by atoms with E-state index in [1.165, 1.54) is 0 Å². The summed E-state index contributed by atoms with van der Waals surface area (Å²) in [4.78, 5) is 7.59. The van der Waals surface area contributed by atoms with E-state index in [0.717, 1.165) is 43.1 Å². The Hall–Kier alpha value is -1.81. The van der Waals surface area contributed by atoms with E-state index in [-0.39, 0.29) is 6.04 Å². The maximum absolute atomic E-state index is 5.86. The zero-order valence-electron chi connectivity index (χ0n) is 12.2. The molecule has 2 aromatic rings. The Balaban J connectivity index is 2.28.